The van der Waals surface area contributed by atoms with E-state index in [0.717, 1.165) is 24.7 Å². The van der Waals surface area contributed by atoms with Gasteiger partial charge in [-0.3, -0.25) is 0 Å². The van der Waals surface area contributed by atoms with Crippen molar-refractivity contribution < 1.29 is 9.47 Å². The molecule has 1 aromatic rings. The summed E-state index contributed by atoms with van der Waals surface area (Å²) in [6.45, 7) is 23.3. The van der Waals surface area contributed by atoms with Crippen LogP contribution in [-0.2, 0) is 4.74 Å². The van der Waals surface area contributed by atoms with Gasteiger partial charge in [-0.2, -0.15) is 0 Å². The Balaban J connectivity index is 0.00000249. The summed E-state index contributed by atoms with van der Waals surface area (Å²) in [6.07, 6.45) is 8.38. The second kappa shape index (κ2) is 13.6. The average Bonchev–Trinajstić information content (AvgIpc) is 2.72. The first kappa shape index (κ1) is 29.0. The lowest BCUT2D eigenvalue weighted by molar-refractivity contribution is -0.113. The summed E-state index contributed by atoms with van der Waals surface area (Å²) in [6, 6.07) is 8.79. The summed E-state index contributed by atoms with van der Waals surface area (Å²) in [5.74, 6) is 3.11. The molecule has 0 spiro atoms. The van der Waals surface area contributed by atoms with Gasteiger partial charge in [0.05, 0.1) is 6.61 Å². The molecule has 2 heteroatoms. The largest absolute Gasteiger partial charge is 0.465 e. The molecule has 0 heterocycles. The highest BCUT2D eigenvalue weighted by Gasteiger charge is 2.25. The van der Waals surface area contributed by atoms with E-state index < -0.39 is 0 Å². The molecule has 186 valence electrons. The molecule has 0 N–H and O–H groups in total. The van der Waals surface area contributed by atoms with Gasteiger partial charge in [0.15, 0.2) is 6.29 Å². The summed E-state index contributed by atoms with van der Waals surface area (Å²) >= 11 is 0. The van der Waals surface area contributed by atoms with Gasteiger partial charge < -0.3 is 9.47 Å². The summed E-state index contributed by atoms with van der Waals surface area (Å²) in [5.41, 5.74) is 1.94. The van der Waals surface area contributed by atoms with Crippen molar-refractivity contribution >= 4 is 0 Å². The molecule has 0 aliphatic heterocycles. The van der Waals surface area contributed by atoms with Gasteiger partial charge in [0.25, 0.3) is 0 Å². The maximum atomic E-state index is 6.35. The normalized spacial score (nSPS) is 21.3. The summed E-state index contributed by atoms with van der Waals surface area (Å²) in [5, 5.41) is 0. The fourth-order valence-corrected chi connectivity index (χ4v) is 4.58. The Morgan fingerprint density at radius 1 is 0.844 bits per heavy atom. The van der Waals surface area contributed by atoms with Crippen molar-refractivity contribution in [2.45, 2.75) is 126 Å². The zero-order valence-corrected chi connectivity index (χ0v) is 23.1. The van der Waals surface area contributed by atoms with Crippen LogP contribution < -0.4 is 4.74 Å². The number of hydrogen-bond acceptors (Lipinski definition) is 2. The number of rotatable bonds is 9. The minimum atomic E-state index is -0.174. The van der Waals surface area contributed by atoms with Crippen molar-refractivity contribution in [3.63, 3.8) is 0 Å². The quantitative estimate of drug-likeness (QED) is 0.351. The number of benzene rings is 1. The third-order valence-electron chi connectivity index (χ3n) is 6.40. The molecule has 0 aromatic heterocycles. The Morgan fingerprint density at radius 2 is 1.38 bits per heavy atom. The number of ether oxygens (including phenoxy) is 2. The summed E-state index contributed by atoms with van der Waals surface area (Å²) in [4.78, 5) is 0. The molecule has 2 atom stereocenters. The van der Waals surface area contributed by atoms with E-state index in [-0.39, 0.29) is 11.7 Å². The Labute approximate surface area is 200 Å². The monoisotopic (exact) mass is 446 g/mol. The smallest absolute Gasteiger partial charge is 0.200 e. The topological polar surface area (TPSA) is 18.5 Å². The van der Waals surface area contributed by atoms with Gasteiger partial charge in [-0.1, -0.05) is 94.2 Å². The zero-order chi connectivity index (χ0) is 24.4. The van der Waals surface area contributed by atoms with Crippen molar-refractivity contribution in [1.82, 2.24) is 0 Å². The maximum Gasteiger partial charge on any atom is 0.200 e. The van der Waals surface area contributed by atoms with Gasteiger partial charge in [0.1, 0.15) is 5.75 Å². The van der Waals surface area contributed by atoms with Crippen LogP contribution in [0.1, 0.15) is 126 Å². The molecule has 0 amide bonds. The highest BCUT2D eigenvalue weighted by Crippen LogP contribution is 2.35. The van der Waals surface area contributed by atoms with Crippen LogP contribution in [0.4, 0.5) is 0 Å². The van der Waals surface area contributed by atoms with E-state index in [2.05, 4.69) is 79.7 Å². The van der Waals surface area contributed by atoms with Crippen LogP contribution in [0.25, 0.3) is 0 Å². The second-order valence-corrected chi connectivity index (χ2v) is 12.2. The van der Waals surface area contributed by atoms with Crippen LogP contribution in [-0.4, -0.2) is 12.9 Å². The predicted molar refractivity (Wildman–Crippen MR) is 140 cm³/mol. The van der Waals surface area contributed by atoms with Gasteiger partial charge in [0, 0.05) is 6.42 Å². The third-order valence-corrected chi connectivity index (χ3v) is 6.40. The van der Waals surface area contributed by atoms with E-state index in [1.807, 2.05) is 13.8 Å². The molecule has 1 aliphatic rings. The lowest BCUT2D eigenvalue weighted by atomic mass is 9.80. The molecule has 1 aromatic carbocycles. The highest BCUT2D eigenvalue weighted by atomic mass is 16.7. The van der Waals surface area contributed by atoms with Crippen LogP contribution in [0.2, 0.25) is 0 Å². The van der Waals surface area contributed by atoms with Crippen molar-refractivity contribution in [2.24, 2.45) is 22.7 Å². The molecule has 0 bridgehead atoms. The summed E-state index contributed by atoms with van der Waals surface area (Å²) < 4.78 is 12.7. The summed E-state index contributed by atoms with van der Waals surface area (Å²) in [7, 11) is 0. The van der Waals surface area contributed by atoms with E-state index in [0.29, 0.717) is 17.3 Å². The molecule has 1 saturated carbocycles. The molecular weight excluding hydrogens is 392 g/mol. The standard InChI is InChI=1S/C28H48O2.C2H6/c1-9-23(18-27(3,4)5)24-14-16-25(17-15-24)30-26(19-28(6,7)8)29-20-22-12-10-21(2)11-13-22;1-2/h14-17,21-23,26H,9-13,18-20H2,1-8H3;1-2H3. The van der Waals surface area contributed by atoms with Gasteiger partial charge in [-0.15, -0.1) is 0 Å². The highest BCUT2D eigenvalue weighted by molar-refractivity contribution is 5.29. The number of hydrogen-bond donors (Lipinski definition) is 0. The van der Waals surface area contributed by atoms with Crippen LogP contribution in [0.3, 0.4) is 0 Å². The van der Waals surface area contributed by atoms with E-state index in [4.69, 9.17) is 9.47 Å². The van der Waals surface area contributed by atoms with Gasteiger partial charge >= 0.3 is 0 Å². The van der Waals surface area contributed by atoms with E-state index >= 15 is 0 Å². The lowest BCUT2D eigenvalue weighted by Crippen LogP contribution is -2.29. The molecular formula is C30H54O2. The van der Waals surface area contributed by atoms with E-state index in [9.17, 15) is 0 Å². The van der Waals surface area contributed by atoms with Crippen LogP contribution in [0, 0.1) is 22.7 Å². The second-order valence-electron chi connectivity index (χ2n) is 12.2. The Bertz CT molecular complexity index is 597. The van der Waals surface area contributed by atoms with Gasteiger partial charge in [0.2, 0.25) is 0 Å². The Hall–Kier alpha value is -1.02. The minimum absolute atomic E-state index is 0.172. The molecule has 32 heavy (non-hydrogen) atoms. The fraction of sp³-hybridized carbons (Fsp3) is 0.800. The molecule has 1 aliphatic carbocycles. The zero-order valence-electron chi connectivity index (χ0n) is 23.1. The van der Waals surface area contributed by atoms with Crippen molar-refractivity contribution in [3.05, 3.63) is 29.8 Å². The lowest BCUT2D eigenvalue weighted by Gasteiger charge is -2.30. The maximum absolute atomic E-state index is 6.35. The predicted octanol–water partition coefficient (Wildman–Crippen LogP) is 9.63. The third kappa shape index (κ3) is 11.7. The molecule has 2 rings (SSSR count). The van der Waals surface area contributed by atoms with Crippen LogP contribution in [0.15, 0.2) is 24.3 Å². The van der Waals surface area contributed by atoms with Crippen LogP contribution >= 0.6 is 0 Å². The first-order chi connectivity index (χ1) is 14.9. The molecule has 2 nitrogen and oxygen atoms in total. The van der Waals surface area contributed by atoms with Gasteiger partial charge in [-0.05, 0) is 72.0 Å². The molecule has 1 fully saturated rings. The fourth-order valence-electron chi connectivity index (χ4n) is 4.58. The average molecular weight is 447 g/mol. The first-order valence-corrected chi connectivity index (χ1v) is 13.3. The van der Waals surface area contributed by atoms with E-state index in [1.165, 1.54) is 44.1 Å². The molecule has 2 unspecified atom stereocenters. The van der Waals surface area contributed by atoms with Gasteiger partial charge in [-0.25, -0.2) is 0 Å². The van der Waals surface area contributed by atoms with Crippen molar-refractivity contribution in [2.75, 3.05) is 6.61 Å². The minimum Gasteiger partial charge on any atom is -0.465 e. The van der Waals surface area contributed by atoms with Crippen LogP contribution in [0.5, 0.6) is 5.75 Å². The van der Waals surface area contributed by atoms with E-state index in [1.54, 1.807) is 0 Å². The first-order valence-electron chi connectivity index (χ1n) is 13.3. The Morgan fingerprint density at radius 3 is 1.84 bits per heavy atom. The Kier molecular flexibility index (Phi) is 12.4. The molecule has 0 radical (unpaired) electrons. The SMILES string of the molecule is CC.CCC(CC(C)(C)C)c1ccc(OC(CC(C)(C)C)OCC2CCC(C)CC2)cc1. The molecule has 0 saturated heterocycles. The van der Waals surface area contributed by atoms with Crippen molar-refractivity contribution in [3.8, 4) is 5.75 Å². The van der Waals surface area contributed by atoms with Crippen molar-refractivity contribution in [1.29, 1.82) is 0 Å².